The van der Waals surface area contributed by atoms with E-state index in [1.54, 1.807) is 0 Å². The first-order chi connectivity index (χ1) is 27.0. The monoisotopic (exact) mass is 704 g/mol. The molecule has 0 unspecified atom stereocenters. The molecule has 0 saturated heterocycles. The molecule has 11 rings (SSSR count). The van der Waals surface area contributed by atoms with E-state index in [-0.39, 0.29) is 5.41 Å². The summed E-state index contributed by atoms with van der Waals surface area (Å²) in [7, 11) is 0. The average molecular weight is 705 g/mol. The lowest BCUT2D eigenvalue weighted by Gasteiger charge is -2.28. The molecule has 260 valence electrons. The maximum atomic E-state index is 6.13. The van der Waals surface area contributed by atoms with E-state index in [4.69, 9.17) is 9.40 Å². The summed E-state index contributed by atoms with van der Waals surface area (Å²) in [5.41, 5.74) is 13.5. The molecule has 0 N–H and O–H groups in total. The van der Waals surface area contributed by atoms with Crippen LogP contribution in [0.1, 0.15) is 25.0 Å². The van der Waals surface area contributed by atoms with Gasteiger partial charge in [-0.3, -0.25) is 0 Å². The Morgan fingerprint density at radius 2 is 1.04 bits per heavy atom. The van der Waals surface area contributed by atoms with E-state index in [2.05, 4.69) is 176 Å². The second kappa shape index (κ2) is 12.0. The van der Waals surface area contributed by atoms with Crippen molar-refractivity contribution in [2.75, 3.05) is 4.90 Å². The Labute approximate surface area is 319 Å². The summed E-state index contributed by atoms with van der Waals surface area (Å²) < 4.78 is 6.13. The van der Waals surface area contributed by atoms with Crippen molar-refractivity contribution in [2.45, 2.75) is 19.3 Å². The van der Waals surface area contributed by atoms with E-state index in [1.165, 1.54) is 65.7 Å². The third-order valence-electron chi connectivity index (χ3n) is 11.7. The number of fused-ring (bicyclic) bond motifs is 8. The molecule has 9 aromatic carbocycles. The highest BCUT2D eigenvalue weighted by Gasteiger charge is 2.35. The van der Waals surface area contributed by atoms with Crippen LogP contribution < -0.4 is 4.90 Å². The quantitative estimate of drug-likeness (QED) is 0.167. The van der Waals surface area contributed by atoms with Crippen LogP contribution in [0.2, 0.25) is 0 Å². The highest BCUT2D eigenvalue weighted by atomic mass is 16.3. The van der Waals surface area contributed by atoms with Crippen molar-refractivity contribution in [3.05, 3.63) is 193 Å². The van der Waals surface area contributed by atoms with Gasteiger partial charge in [-0.05, 0) is 138 Å². The van der Waals surface area contributed by atoms with Gasteiger partial charge >= 0.3 is 0 Å². The molecule has 0 radical (unpaired) electrons. The number of aromatic nitrogens is 1. The van der Waals surface area contributed by atoms with Crippen molar-refractivity contribution in [1.29, 1.82) is 0 Å². The van der Waals surface area contributed by atoms with Gasteiger partial charge in [0.1, 0.15) is 5.52 Å². The highest BCUT2D eigenvalue weighted by Crippen LogP contribution is 2.50. The van der Waals surface area contributed by atoms with Crippen LogP contribution >= 0.6 is 0 Å². The molecule has 0 spiro atoms. The fourth-order valence-corrected chi connectivity index (χ4v) is 8.77. The van der Waals surface area contributed by atoms with Crippen LogP contribution in [0.25, 0.3) is 77.1 Å². The van der Waals surface area contributed by atoms with E-state index in [0.29, 0.717) is 5.89 Å². The lowest BCUT2D eigenvalue weighted by atomic mass is 9.82. The molecule has 1 aromatic heterocycles. The predicted octanol–water partition coefficient (Wildman–Crippen LogP) is 14.4. The maximum absolute atomic E-state index is 6.13. The molecule has 0 saturated carbocycles. The van der Waals surface area contributed by atoms with Crippen LogP contribution in [-0.2, 0) is 5.41 Å². The number of para-hydroxylation sites is 2. The van der Waals surface area contributed by atoms with Crippen LogP contribution in [0.3, 0.4) is 0 Å². The first-order valence-electron chi connectivity index (χ1n) is 18.9. The van der Waals surface area contributed by atoms with Gasteiger partial charge in [0.2, 0.25) is 5.89 Å². The van der Waals surface area contributed by atoms with Gasteiger partial charge in [0.15, 0.2) is 5.58 Å². The van der Waals surface area contributed by atoms with Crippen LogP contribution in [0, 0.1) is 0 Å². The SMILES string of the molecule is CC1(C)c2ccccc2-c2ccc(N(c3ccc(-c4nc5ccccc5o4)cc3)c3ccc4cc(-c5ccc6c(ccc7ccccc76)c5)ccc4c3)cc21. The van der Waals surface area contributed by atoms with Crippen molar-refractivity contribution >= 4 is 60.5 Å². The van der Waals surface area contributed by atoms with E-state index in [1.807, 2.05) is 24.3 Å². The number of rotatable bonds is 5. The van der Waals surface area contributed by atoms with Crippen LogP contribution in [0.4, 0.5) is 17.1 Å². The molecule has 0 fully saturated rings. The molecule has 0 aliphatic heterocycles. The number of nitrogens with zero attached hydrogens (tertiary/aromatic N) is 2. The number of oxazole rings is 1. The number of anilines is 3. The summed E-state index contributed by atoms with van der Waals surface area (Å²) in [5.74, 6) is 0.623. The molecule has 0 amide bonds. The first kappa shape index (κ1) is 31.5. The van der Waals surface area contributed by atoms with E-state index >= 15 is 0 Å². The van der Waals surface area contributed by atoms with Crippen molar-refractivity contribution in [2.24, 2.45) is 0 Å². The molecule has 1 aliphatic carbocycles. The zero-order valence-corrected chi connectivity index (χ0v) is 30.6. The second-order valence-corrected chi connectivity index (χ2v) is 15.2. The minimum atomic E-state index is -0.111. The van der Waals surface area contributed by atoms with Gasteiger partial charge < -0.3 is 9.32 Å². The first-order valence-corrected chi connectivity index (χ1v) is 18.9. The van der Waals surface area contributed by atoms with Gasteiger partial charge in [-0.2, -0.15) is 0 Å². The van der Waals surface area contributed by atoms with E-state index < -0.39 is 0 Å². The zero-order chi connectivity index (χ0) is 36.7. The number of benzene rings is 9. The predicted molar refractivity (Wildman–Crippen MR) is 230 cm³/mol. The van der Waals surface area contributed by atoms with Crippen molar-refractivity contribution in [3.63, 3.8) is 0 Å². The highest BCUT2D eigenvalue weighted by molar-refractivity contribution is 6.08. The molecule has 10 aromatic rings. The molecule has 3 nitrogen and oxygen atoms in total. The van der Waals surface area contributed by atoms with Gasteiger partial charge in [-0.15, -0.1) is 0 Å². The fraction of sp³-hybridized carbons (Fsp3) is 0.0577. The van der Waals surface area contributed by atoms with Crippen molar-refractivity contribution < 1.29 is 4.42 Å². The third-order valence-corrected chi connectivity index (χ3v) is 11.7. The summed E-state index contributed by atoms with van der Waals surface area (Å²) in [6.07, 6.45) is 0. The summed E-state index contributed by atoms with van der Waals surface area (Å²) >= 11 is 0. The Morgan fingerprint density at radius 1 is 0.436 bits per heavy atom. The van der Waals surface area contributed by atoms with Crippen LogP contribution in [-0.4, -0.2) is 4.98 Å². The van der Waals surface area contributed by atoms with E-state index in [0.717, 1.165) is 33.7 Å². The fourth-order valence-electron chi connectivity index (χ4n) is 8.77. The zero-order valence-electron chi connectivity index (χ0n) is 30.6. The van der Waals surface area contributed by atoms with Gasteiger partial charge in [0, 0.05) is 28.0 Å². The summed E-state index contributed by atoms with van der Waals surface area (Å²) in [6, 6.07) is 65.8. The van der Waals surface area contributed by atoms with Gasteiger partial charge in [-0.1, -0.05) is 123 Å². The maximum Gasteiger partial charge on any atom is 0.227 e. The minimum Gasteiger partial charge on any atom is -0.436 e. The number of hydrogen-bond acceptors (Lipinski definition) is 3. The Morgan fingerprint density at radius 3 is 1.93 bits per heavy atom. The molecule has 1 heterocycles. The lowest BCUT2D eigenvalue weighted by Crippen LogP contribution is -2.16. The smallest absolute Gasteiger partial charge is 0.227 e. The topological polar surface area (TPSA) is 29.3 Å². The number of hydrogen-bond donors (Lipinski definition) is 0. The lowest BCUT2D eigenvalue weighted by molar-refractivity contribution is 0.620. The van der Waals surface area contributed by atoms with Crippen LogP contribution in [0.15, 0.2) is 186 Å². The van der Waals surface area contributed by atoms with Gasteiger partial charge in [0.25, 0.3) is 0 Å². The second-order valence-electron chi connectivity index (χ2n) is 15.2. The average Bonchev–Trinajstić information content (AvgIpc) is 3.77. The summed E-state index contributed by atoms with van der Waals surface area (Å²) in [5, 5.41) is 7.50. The molecular formula is C52H36N2O. The van der Waals surface area contributed by atoms with Gasteiger partial charge in [0.05, 0.1) is 0 Å². The molecule has 55 heavy (non-hydrogen) atoms. The van der Waals surface area contributed by atoms with Crippen molar-refractivity contribution in [3.8, 4) is 33.7 Å². The third kappa shape index (κ3) is 5.08. The molecule has 0 bridgehead atoms. The minimum absolute atomic E-state index is 0.111. The largest absolute Gasteiger partial charge is 0.436 e. The normalized spacial score (nSPS) is 13.1. The Balaban J connectivity index is 1.00. The van der Waals surface area contributed by atoms with Gasteiger partial charge in [-0.25, -0.2) is 4.98 Å². The summed E-state index contributed by atoms with van der Waals surface area (Å²) in [4.78, 5) is 7.13. The Hall–Kier alpha value is -6.97. The molecule has 1 aliphatic rings. The van der Waals surface area contributed by atoms with E-state index in [9.17, 15) is 0 Å². The van der Waals surface area contributed by atoms with Crippen molar-refractivity contribution in [1.82, 2.24) is 4.98 Å². The Kier molecular flexibility index (Phi) is 6.90. The standard InChI is InChI=1S/C52H36N2O/c1-52(2)47-12-6-5-11-45(47)46-28-26-42(32-48(46)52)54(40-23-19-34(20-24-40)51-53-49-13-7-8-14-50(49)55-51)41-25-21-36-29-35(16-17-38(36)31-41)37-22-27-44-39(30-37)18-15-33-9-3-4-10-43(33)44/h3-32H,1-2H3. The molecule has 0 atom stereocenters. The Bertz CT molecular complexity index is 3100. The van der Waals surface area contributed by atoms with Crippen LogP contribution in [0.5, 0.6) is 0 Å². The summed E-state index contributed by atoms with van der Waals surface area (Å²) in [6.45, 7) is 4.68. The molecule has 3 heteroatoms. The molecular weight excluding hydrogens is 669 g/mol.